The Morgan fingerprint density at radius 1 is 1.22 bits per heavy atom. The van der Waals surface area contributed by atoms with Gasteiger partial charge in [-0.3, -0.25) is 10.1 Å². The van der Waals surface area contributed by atoms with E-state index in [0.29, 0.717) is 28.8 Å². The van der Waals surface area contributed by atoms with Gasteiger partial charge in [0.2, 0.25) is 0 Å². The smallest absolute Gasteiger partial charge is 0.257 e. The van der Waals surface area contributed by atoms with Crippen LogP contribution in [0, 0.1) is 0 Å². The molecule has 8 heteroatoms. The van der Waals surface area contributed by atoms with E-state index in [4.69, 9.17) is 9.47 Å². The first-order chi connectivity index (χ1) is 13.2. The number of para-hydroxylation sites is 1. The first-order valence-corrected chi connectivity index (χ1v) is 9.83. The van der Waals surface area contributed by atoms with Gasteiger partial charge in [0.1, 0.15) is 23.6 Å². The lowest BCUT2D eigenvalue weighted by atomic mass is 10.2. The van der Waals surface area contributed by atoms with Gasteiger partial charge in [0.15, 0.2) is 5.13 Å². The van der Waals surface area contributed by atoms with Gasteiger partial charge >= 0.3 is 0 Å². The summed E-state index contributed by atoms with van der Waals surface area (Å²) in [4.78, 5) is 21.2. The van der Waals surface area contributed by atoms with E-state index < -0.39 is 0 Å². The zero-order valence-electron chi connectivity index (χ0n) is 14.3. The van der Waals surface area contributed by atoms with Crippen molar-refractivity contribution >= 4 is 43.9 Å². The third kappa shape index (κ3) is 3.91. The van der Waals surface area contributed by atoms with Crippen LogP contribution in [-0.2, 0) is 6.61 Å². The molecule has 0 saturated heterocycles. The van der Waals surface area contributed by atoms with Gasteiger partial charge in [0, 0.05) is 10.9 Å². The third-order valence-corrected chi connectivity index (χ3v) is 5.36. The molecule has 2 aromatic heterocycles. The van der Waals surface area contributed by atoms with Crippen molar-refractivity contribution in [3.05, 3.63) is 64.6 Å². The third-order valence-electron chi connectivity index (χ3n) is 3.79. The Morgan fingerprint density at radius 2 is 2.11 bits per heavy atom. The van der Waals surface area contributed by atoms with Crippen LogP contribution in [0.3, 0.4) is 0 Å². The second-order valence-corrected chi connectivity index (χ2v) is 7.33. The molecule has 0 bridgehead atoms. The highest BCUT2D eigenvalue weighted by Crippen LogP contribution is 2.32. The summed E-state index contributed by atoms with van der Waals surface area (Å²) in [6.07, 6.45) is 0. The number of aromatic nitrogens is 2. The highest BCUT2D eigenvalue weighted by molar-refractivity contribution is 7.22. The van der Waals surface area contributed by atoms with Crippen molar-refractivity contribution in [1.29, 1.82) is 0 Å². The van der Waals surface area contributed by atoms with Gasteiger partial charge in [-0.1, -0.05) is 23.5 Å². The molecule has 2 heterocycles. The number of methoxy groups -OCH3 is 1. The van der Waals surface area contributed by atoms with Gasteiger partial charge < -0.3 is 9.47 Å². The Hall–Kier alpha value is -2.97. The van der Waals surface area contributed by atoms with Gasteiger partial charge in [-0.15, -0.1) is 11.3 Å². The van der Waals surface area contributed by atoms with Crippen LogP contribution in [0.4, 0.5) is 5.13 Å². The van der Waals surface area contributed by atoms with Crippen LogP contribution in [0.25, 0.3) is 10.2 Å². The standard InChI is InChI=1S/C19H15N3O3S2/c1-24-15-6-3-7-16-17(15)21-19(27-16)22-18(23)12-4-2-5-14(8-12)25-9-13-10-26-11-20-13/h2-8,10-11H,9H2,1H3,(H,21,22,23). The van der Waals surface area contributed by atoms with E-state index in [2.05, 4.69) is 15.3 Å². The monoisotopic (exact) mass is 397 g/mol. The zero-order chi connectivity index (χ0) is 18.6. The fourth-order valence-corrected chi connectivity index (χ4v) is 3.93. The Bertz CT molecular complexity index is 1080. The predicted octanol–water partition coefficient (Wildman–Crippen LogP) is 4.59. The second kappa shape index (κ2) is 7.73. The number of rotatable bonds is 6. The van der Waals surface area contributed by atoms with Crippen LogP contribution in [0.15, 0.2) is 53.4 Å². The Labute approximate surface area is 163 Å². The molecule has 0 radical (unpaired) electrons. The summed E-state index contributed by atoms with van der Waals surface area (Å²) in [5.41, 5.74) is 3.85. The average Bonchev–Trinajstić information content (AvgIpc) is 3.35. The van der Waals surface area contributed by atoms with Crippen molar-refractivity contribution in [1.82, 2.24) is 9.97 Å². The number of ether oxygens (including phenoxy) is 2. The number of hydrogen-bond acceptors (Lipinski definition) is 7. The minimum atomic E-state index is -0.243. The highest BCUT2D eigenvalue weighted by Gasteiger charge is 2.13. The number of thiazole rings is 2. The SMILES string of the molecule is COc1cccc2sc(NC(=O)c3cccc(OCc4cscn4)c3)nc12. The molecule has 0 aliphatic carbocycles. The van der Waals surface area contributed by atoms with Crippen LogP contribution in [-0.4, -0.2) is 23.0 Å². The van der Waals surface area contributed by atoms with E-state index in [-0.39, 0.29) is 5.91 Å². The molecule has 0 aliphatic rings. The largest absolute Gasteiger partial charge is 0.494 e. The summed E-state index contributed by atoms with van der Waals surface area (Å²) in [6, 6.07) is 12.7. The van der Waals surface area contributed by atoms with Gasteiger partial charge in [0.25, 0.3) is 5.91 Å². The summed E-state index contributed by atoms with van der Waals surface area (Å²) < 4.78 is 12.0. The summed E-state index contributed by atoms with van der Waals surface area (Å²) in [6.45, 7) is 0.367. The number of amides is 1. The molecular formula is C19H15N3O3S2. The number of fused-ring (bicyclic) bond motifs is 1. The molecule has 27 heavy (non-hydrogen) atoms. The molecule has 0 atom stereocenters. The van der Waals surface area contributed by atoms with Crippen LogP contribution < -0.4 is 14.8 Å². The van der Waals surface area contributed by atoms with Crippen molar-refractivity contribution in [2.45, 2.75) is 6.61 Å². The van der Waals surface area contributed by atoms with E-state index in [1.54, 1.807) is 30.8 Å². The number of nitrogens with one attached hydrogen (secondary N) is 1. The molecule has 0 spiro atoms. The molecular weight excluding hydrogens is 382 g/mol. The van der Waals surface area contributed by atoms with E-state index in [0.717, 1.165) is 15.9 Å². The van der Waals surface area contributed by atoms with E-state index in [1.165, 1.54) is 22.7 Å². The van der Waals surface area contributed by atoms with Crippen molar-refractivity contribution in [3.63, 3.8) is 0 Å². The fraction of sp³-hybridized carbons (Fsp3) is 0.105. The lowest BCUT2D eigenvalue weighted by molar-refractivity contribution is 0.102. The lowest BCUT2D eigenvalue weighted by Crippen LogP contribution is -2.11. The van der Waals surface area contributed by atoms with Crippen molar-refractivity contribution in [2.24, 2.45) is 0 Å². The number of benzene rings is 2. The molecule has 0 aliphatic heterocycles. The molecule has 4 aromatic rings. The number of hydrogen-bond donors (Lipinski definition) is 1. The quantitative estimate of drug-likeness (QED) is 0.515. The zero-order valence-corrected chi connectivity index (χ0v) is 16.0. The fourth-order valence-electron chi connectivity index (χ4n) is 2.50. The Balaban J connectivity index is 1.49. The molecule has 4 rings (SSSR count). The molecule has 1 amide bonds. The van der Waals surface area contributed by atoms with E-state index in [9.17, 15) is 4.79 Å². The Morgan fingerprint density at radius 3 is 2.93 bits per heavy atom. The van der Waals surface area contributed by atoms with E-state index in [1.807, 2.05) is 29.6 Å². The lowest BCUT2D eigenvalue weighted by Gasteiger charge is -2.06. The minimum absolute atomic E-state index is 0.243. The van der Waals surface area contributed by atoms with Crippen LogP contribution in [0.1, 0.15) is 16.1 Å². The number of carbonyl (C=O) groups is 1. The van der Waals surface area contributed by atoms with Crippen molar-refractivity contribution in [2.75, 3.05) is 12.4 Å². The first-order valence-electron chi connectivity index (χ1n) is 8.08. The van der Waals surface area contributed by atoms with Gasteiger partial charge in [0.05, 0.1) is 23.0 Å². The minimum Gasteiger partial charge on any atom is -0.494 e. The van der Waals surface area contributed by atoms with Crippen LogP contribution in [0.5, 0.6) is 11.5 Å². The number of nitrogens with zero attached hydrogens (tertiary/aromatic N) is 2. The molecule has 0 fully saturated rings. The topological polar surface area (TPSA) is 73.3 Å². The Kier molecular flexibility index (Phi) is 4.99. The summed E-state index contributed by atoms with van der Waals surface area (Å²) in [5.74, 6) is 1.05. The molecule has 1 N–H and O–H groups in total. The maximum atomic E-state index is 12.6. The van der Waals surface area contributed by atoms with Crippen molar-refractivity contribution < 1.29 is 14.3 Å². The highest BCUT2D eigenvalue weighted by atomic mass is 32.1. The normalized spacial score (nSPS) is 10.7. The molecule has 0 saturated carbocycles. The maximum Gasteiger partial charge on any atom is 0.257 e. The summed E-state index contributed by atoms with van der Waals surface area (Å²) >= 11 is 2.92. The summed E-state index contributed by atoms with van der Waals surface area (Å²) in [5, 5.41) is 5.29. The van der Waals surface area contributed by atoms with Gasteiger partial charge in [-0.2, -0.15) is 0 Å². The molecule has 2 aromatic carbocycles. The van der Waals surface area contributed by atoms with Crippen molar-refractivity contribution in [3.8, 4) is 11.5 Å². The van der Waals surface area contributed by atoms with Crippen LogP contribution >= 0.6 is 22.7 Å². The van der Waals surface area contributed by atoms with E-state index >= 15 is 0 Å². The average molecular weight is 397 g/mol. The molecule has 136 valence electrons. The second-order valence-electron chi connectivity index (χ2n) is 5.58. The van der Waals surface area contributed by atoms with Gasteiger partial charge in [-0.05, 0) is 30.3 Å². The van der Waals surface area contributed by atoms with Gasteiger partial charge in [-0.25, -0.2) is 9.97 Å². The first kappa shape index (κ1) is 17.4. The summed E-state index contributed by atoms with van der Waals surface area (Å²) in [7, 11) is 1.60. The van der Waals surface area contributed by atoms with Crippen LogP contribution in [0.2, 0.25) is 0 Å². The molecule has 6 nitrogen and oxygen atoms in total. The molecule has 0 unspecified atom stereocenters. The maximum absolute atomic E-state index is 12.6. The number of anilines is 1. The predicted molar refractivity (Wildman–Crippen MR) is 107 cm³/mol. The number of carbonyl (C=O) groups excluding carboxylic acids is 1.